The highest BCUT2D eigenvalue weighted by molar-refractivity contribution is 9.10. The second-order valence-electron chi connectivity index (χ2n) is 8.26. The molecule has 0 unspecified atom stereocenters. The summed E-state index contributed by atoms with van der Waals surface area (Å²) in [6.07, 6.45) is 1.35. The fraction of sp³-hybridized carbons (Fsp3) is 0.143. The molecule has 1 fully saturated rings. The average molecular weight is 673 g/mol. The highest BCUT2D eigenvalue weighted by Gasteiger charge is 2.36. The average Bonchev–Trinajstić information content (AvgIpc) is 2.92. The fourth-order valence-corrected chi connectivity index (χ4v) is 4.57. The van der Waals surface area contributed by atoms with Gasteiger partial charge < -0.3 is 19.5 Å². The highest BCUT2D eigenvalue weighted by atomic mass is 79.9. The molecule has 1 aliphatic rings. The normalized spacial score (nSPS) is 14.2. The third kappa shape index (κ3) is 6.69. The largest absolute Gasteiger partial charge is 0.497 e. The van der Waals surface area contributed by atoms with E-state index in [9.17, 15) is 19.2 Å². The lowest BCUT2D eigenvalue weighted by Gasteiger charge is -2.26. The lowest BCUT2D eigenvalue weighted by atomic mass is 10.1. The van der Waals surface area contributed by atoms with Gasteiger partial charge in [-0.15, -0.1) is 0 Å². The maximum atomic E-state index is 13.2. The first kappa shape index (κ1) is 28.8. The molecule has 0 aromatic heterocycles. The van der Waals surface area contributed by atoms with Gasteiger partial charge in [-0.05, 0) is 95.2 Å². The van der Waals surface area contributed by atoms with E-state index >= 15 is 0 Å². The minimum atomic E-state index is -0.845. The molecule has 0 aliphatic carbocycles. The highest BCUT2D eigenvalue weighted by Crippen LogP contribution is 2.38. The van der Waals surface area contributed by atoms with Crippen molar-refractivity contribution in [3.05, 3.63) is 80.7 Å². The number of rotatable bonds is 9. The summed E-state index contributed by atoms with van der Waals surface area (Å²) >= 11 is 6.74. The predicted molar refractivity (Wildman–Crippen MR) is 156 cm³/mol. The third-order valence-electron chi connectivity index (χ3n) is 5.55. The molecule has 0 bridgehead atoms. The van der Waals surface area contributed by atoms with Crippen LogP contribution in [-0.2, 0) is 14.4 Å². The Morgan fingerprint density at radius 2 is 1.70 bits per heavy atom. The number of imide groups is 2. The van der Waals surface area contributed by atoms with Crippen molar-refractivity contribution in [2.24, 2.45) is 0 Å². The van der Waals surface area contributed by atoms with Crippen LogP contribution in [0.25, 0.3) is 6.08 Å². The number of ether oxygens (including phenoxy) is 3. The van der Waals surface area contributed by atoms with Crippen LogP contribution in [0.3, 0.4) is 0 Å². The van der Waals surface area contributed by atoms with E-state index in [1.807, 2.05) is 0 Å². The number of nitrogens with one attached hydrogen (secondary N) is 2. The second-order valence-corrected chi connectivity index (χ2v) is 10.0. The number of urea groups is 1. The van der Waals surface area contributed by atoms with Crippen LogP contribution in [0.1, 0.15) is 12.5 Å². The Morgan fingerprint density at radius 1 is 1.00 bits per heavy atom. The molecule has 0 spiro atoms. The molecule has 1 heterocycles. The van der Waals surface area contributed by atoms with Crippen LogP contribution in [0.2, 0.25) is 0 Å². The van der Waals surface area contributed by atoms with Crippen molar-refractivity contribution in [2.75, 3.05) is 30.5 Å². The van der Waals surface area contributed by atoms with Crippen molar-refractivity contribution in [2.45, 2.75) is 6.92 Å². The quantitative estimate of drug-likeness (QED) is 0.234. The van der Waals surface area contributed by atoms with Gasteiger partial charge in [0, 0.05) is 10.2 Å². The number of carbonyl (C=O) groups is 4. The smallest absolute Gasteiger partial charge is 0.335 e. The molecular weight excluding hydrogens is 650 g/mol. The molecule has 10 nitrogen and oxygen atoms in total. The zero-order valence-corrected chi connectivity index (χ0v) is 24.5. The van der Waals surface area contributed by atoms with Crippen LogP contribution >= 0.6 is 31.9 Å². The number of hydrogen-bond acceptors (Lipinski definition) is 7. The molecule has 0 saturated carbocycles. The van der Waals surface area contributed by atoms with Gasteiger partial charge in [-0.1, -0.05) is 15.9 Å². The Labute approximate surface area is 246 Å². The zero-order valence-electron chi connectivity index (χ0n) is 21.3. The summed E-state index contributed by atoms with van der Waals surface area (Å²) in [5, 5.41) is 4.93. The van der Waals surface area contributed by atoms with Gasteiger partial charge in [-0.2, -0.15) is 0 Å². The number of halogens is 2. The first-order valence-electron chi connectivity index (χ1n) is 11.9. The number of nitrogens with zero attached hydrogens (tertiary/aromatic N) is 1. The molecule has 206 valence electrons. The monoisotopic (exact) mass is 671 g/mol. The zero-order chi connectivity index (χ0) is 28.8. The van der Waals surface area contributed by atoms with E-state index in [0.717, 1.165) is 9.37 Å². The number of benzene rings is 3. The van der Waals surface area contributed by atoms with Gasteiger partial charge in [-0.3, -0.25) is 19.7 Å². The summed E-state index contributed by atoms with van der Waals surface area (Å²) < 4.78 is 17.8. The van der Waals surface area contributed by atoms with Gasteiger partial charge in [0.05, 0.1) is 23.9 Å². The molecule has 5 amide bonds. The minimum absolute atomic E-state index is 0.246. The summed E-state index contributed by atoms with van der Waals surface area (Å²) in [5.41, 5.74) is 1.06. The molecule has 12 heteroatoms. The topological polar surface area (TPSA) is 123 Å². The second kappa shape index (κ2) is 12.8. The number of hydrogen-bond donors (Lipinski definition) is 2. The first-order chi connectivity index (χ1) is 19.2. The Kier molecular flexibility index (Phi) is 9.22. The fourth-order valence-electron chi connectivity index (χ4n) is 3.73. The van der Waals surface area contributed by atoms with Gasteiger partial charge >= 0.3 is 6.03 Å². The molecule has 0 atom stereocenters. The van der Waals surface area contributed by atoms with Crippen molar-refractivity contribution >= 4 is 73.1 Å². The van der Waals surface area contributed by atoms with E-state index in [2.05, 4.69) is 42.5 Å². The van der Waals surface area contributed by atoms with Gasteiger partial charge in [0.2, 0.25) is 0 Å². The SMILES string of the molecule is CCOc1cc(/C=C2\C(=O)NC(=O)N(c3ccc(Br)cc3)C2=O)cc(Br)c1OCC(=O)Nc1ccc(OC)cc1. The number of amides is 5. The third-order valence-corrected chi connectivity index (χ3v) is 6.67. The van der Waals surface area contributed by atoms with Crippen molar-refractivity contribution in [1.82, 2.24) is 5.32 Å². The van der Waals surface area contributed by atoms with Crippen LogP contribution in [-0.4, -0.2) is 44.1 Å². The predicted octanol–water partition coefficient (Wildman–Crippen LogP) is 5.30. The van der Waals surface area contributed by atoms with Crippen molar-refractivity contribution in [1.29, 1.82) is 0 Å². The molecule has 4 rings (SSSR count). The van der Waals surface area contributed by atoms with E-state index < -0.39 is 23.8 Å². The molecular formula is C28H23Br2N3O7. The first-order valence-corrected chi connectivity index (χ1v) is 13.5. The van der Waals surface area contributed by atoms with E-state index in [1.165, 1.54) is 6.08 Å². The maximum Gasteiger partial charge on any atom is 0.335 e. The summed E-state index contributed by atoms with van der Waals surface area (Å²) in [7, 11) is 1.55. The van der Waals surface area contributed by atoms with E-state index in [1.54, 1.807) is 74.7 Å². The van der Waals surface area contributed by atoms with Gasteiger partial charge in [0.25, 0.3) is 17.7 Å². The lowest BCUT2D eigenvalue weighted by molar-refractivity contribution is -0.122. The molecule has 0 radical (unpaired) electrons. The van der Waals surface area contributed by atoms with Crippen molar-refractivity contribution in [3.63, 3.8) is 0 Å². The molecule has 3 aromatic rings. The van der Waals surface area contributed by atoms with Crippen LogP contribution in [0, 0.1) is 0 Å². The number of methoxy groups -OCH3 is 1. The minimum Gasteiger partial charge on any atom is -0.497 e. The molecule has 2 N–H and O–H groups in total. The van der Waals surface area contributed by atoms with Crippen molar-refractivity contribution < 1.29 is 33.4 Å². The maximum absolute atomic E-state index is 13.2. The van der Waals surface area contributed by atoms with Crippen LogP contribution in [0.4, 0.5) is 16.2 Å². The Morgan fingerprint density at radius 3 is 2.35 bits per heavy atom. The molecule has 1 aliphatic heterocycles. The van der Waals surface area contributed by atoms with Crippen LogP contribution in [0.5, 0.6) is 17.2 Å². The standard InChI is InChI=1S/C28H23Br2N3O7/c1-3-39-23-14-16(12-21-26(35)32-28(37)33(27(21)36)19-8-4-17(29)5-9-19)13-22(30)25(23)40-15-24(34)31-18-6-10-20(38-2)11-7-18/h4-14H,3,15H2,1-2H3,(H,31,34)(H,32,35,37)/b21-12+. The number of barbiturate groups is 1. The van der Waals surface area contributed by atoms with Crippen LogP contribution < -0.4 is 29.7 Å². The van der Waals surface area contributed by atoms with Crippen molar-refractivity contribution in [3.8, 4) is 17.2 Å². The van der Waals surface area contributed by atoms with E-state index in [4.69, 9.17) is 14.2 Å². The molecule has 3 aromatic carbocycles. The van der Waals surface area contributed by atoms with Crippen LogP contribution in [0.15, 0.2) is 75.2 Å². The van der Waals surface area contributed by atoms with E-state index in [-0.39, 0.29) is 30.3 Å². The Hall–Kier alpha value is -4.16. The summed E-state index contributed by atoms with van der Waals surface area (Å²) in [6, 6.07) is 15.7. The summed E-state index contributed by atoms with van der Waals surface area (Å²) in [5.74, 6) is -0.790. The summed E-state index contributed by atoms with van der Waals surface area (Å²) in [6.45, 7) is 1.75. The molecule has 1 saturated heterocycles. The lowest BCUT2D eigenvalue weighted by Crippen LogP contribution is -2.54. The number of carbonyl (C=O) groups excluding carboxylic acids is 4. The Bertz CT molecular complexity index is 1490. The number of anilines is 2. The molecule has 40 heavy (non-hydrogen) atoms. The van der Waals surface area contributed by atoms with Gasteiger partial charge in [0.15, 0.2) is 18.1 Å². The van der Waals surface area contributed by atoms with Gasteiger partial charge in [-0.25, -0.2) is 9.69 Å². The van der Waals surface area contributed by atoms with Gasteiger partial charge in [0.1, 0.15) is 11.3 Å². The Balaban J connectivity index is 1.55. The van der Waals surface area contributed by atoms with E-state index in [0.29, 0.717) is 27.2 Å². The summed E-state index contributed by atoms with van der Waals surface area (Å²) in [4.78, 5) is 51.6.